The second-order valence-corrected chi connectivity index (χ2v) is 7.42. The zero-order chi connectivity index (χ0) is 19.7. The average molecular weight is 378 g/mol. The van der Waals surface area contributed by atoms with E-state index in [1.165, 1.54) is 12.1 Å². The minimum Gasteiger partial charge on any atom is -0.478 e. The number of aromatic carboxylic acids is 1. The summed E-state index contributed by atoms with van der Waals surface area (Å²) in [5.41, 5.74) is 3.89. The summed E-state index contributed by atoms with van der Waals surface area (Å²) in [5, 5.41) is 10.4. The van der Waals surface area contributed by atoms with Crippen LogP contribution in [-0.4, -0.2) is 29.1 Å². The molecule has 1 N–H and O–H groups in total. The van der Waals surface area contributed by atoms with Crippen molar-refractivity contribution in [3.8, 4) is 11.3 Å². The molecule has 4 rings (SSSR count). The van der Waals surface area contributed by atoms with Gasteiger partial charge in [-0.25, -0.2) is 14.2 Å². The van der Waals surface area contributed by atoms with E-state index in [1.807, 2.05) is 31.2 Å². The van der Waals surface area contributed by atoms with Crippen molar-refractivity contribution in [1.29, 1.82) is 0 Å². The summed E-state index contributed by atoms with van der Waals surface area (Å²) in [5.74, 6) is -1.51. The minimum absolute atomic E-state index is 0.141. The lowest BCUT2D eigenvalue weighted by atomic mass is 9.99. The Kier molecular flexibility index (Phi) is 4.99. The maximum atomic E-state index is 14.0. The van der Waals surface area contributed by atoms with Crippen molar-refractivity contribution >= 4 is 22.6 Å². The number of rotatable bonds is 3. The minimum atomic E-state index is -1.05. The van der Waals surface area contributed by atoms with Gasteiger partial charge in [-0.05, 0) is 38.0 Å². The fourth-order valence-corrected chi connectivity index (χ4v) is 3.96. The van der Waals surface area contributed by atoms with Crippen molar-refractivity contribution in [3.63, 3.8) is 0 Å². The van der Waals surface area contributed by atoms with E-state index in [0.29, 0.717) is 22.3 Å². The van der Waals surface area contributed by atoms with E-state index in [2.05, 4.69) is 4.90 Å². The van der Waals surface area contributed by atoms with Gasteiger partial charge >= 0.3 is 5.97 Å². The maximum absolute atomic E-state index is 14.0. The molecule has 0 unspecified atom stereocenters. The van der Waals surface area contributed by atoms with Crippen molar-refractivity contribution in [2.75, 3.05) is 18.0 Å². The summed E-state index contributed by atoms with van der Waals surface area (Å²) in [4.78, 5) is 19.3. The highest BCUT2D eigenvalue weighted by Crippen LogP contribution is 2.38. The lowest BCUT2D eigenvalue weighted by molar-refractivity contribution is 0.0699. The number of halogens is 1. The Morgan fingerprint density at radius 3 is 2.36 bits per heavy atom. The number of nitrogens with zero attached hydrogens (tertiary/aromatic N) is 2. The number of hydrogen-bond acceptors (Lipinski definition) is 3. The molecule has 4 nitrogen and oxygen atoms in total. The lowest BCUT2D eigenvalue weighted by Crippen LogP contribution is -2.27. The van der Waals surface area contributed by atoms with Gasteiger partial charge in [0, 0.05) is 24.0 Å². The van der Waals surface area contributed by atoms with Gasteiger partial charge in [0.25, 0.3) is 0 Å². The number of aromatic nitrogens is 1. The molecule has 1 aliphatic heterocycles. The van der Waals surface area contributed by atoms with Gasteiger partial charge in [-0.15, -0.1) is 0 Å². The molecule has 144 valence electrons. The Hall–Kier alpha value is -2.95. The zero-order valence-electron chi connectivity index (χ0n) is 15.9. The number of carboxylic acid groups (broad SMARTS) is 1. The van der Waals surface area contributed by atoms with Crippen molar-refractivity contribution in [2.24, 2.45) is 0 Å². The van der Waals surface area contributed by atoms with Crippen LogP contribution in [0.5, 0.6) is 0 Å². The first-order chi connectivity index (χ1) is 13.5. The lowest BCUT2D eigenvalue weighted by Gasteiger charge is -2.27. The Bertz CT molecular complexity index is 1020. The van der Waals surface area contributed by atoms with Crippen LogP contribution in [0.25, 0.3) is 22.2 Å². The van der Waals surface area contributed by atoms with Crippen molar-refractivity contribution in [3.05, 3.63) is 59.4 Å². The first kappa shape index (κ1) is 18.4. The SMILES string of the molecule is Cc1ccc(-c2nc3ccc(F)cc3c(C(=O)O)c2N2CCCCCC2)cc1. The van der Waals surface area contributed by atoms with Crippen LogP contribution in [0.15, 0.2) is 42.5 Å². The van der Waals surface area contributed by atoms with Crippen molar-refractivity contribution in [2.45, 2.75) is 32.6 Å². The third-order valence-corrected chi connectivity index (χ3v) is 5.38. The van der Waals surface area contributed by atoms with E-state index in [0.717, 1.165) is 49.9 Å². The van der Waals surface area contributed by atoms with Gasteiger partial charge in [0.2, 0.25) is 0 Å². The molecule has 0 bridgehead atoms. The molecule has 0 aliphatic carbocycles. The average Bonchev–Trinajstić information content (AvgIpc) is 2.96. The van der Waals surface area contributed by atoms with Crippen molar-refractivity contribution in [1.82, 2.24) is 4.98 Å². The summed E-state index contributed by atoms with van der Waals surface area (Å²) in [6.45, 7) is 3.57. The van der Waals surface area contributed by atoms with Crippen LogP contribution in [0.4, 0.5) is 10.1 Å². The van der Waals surface area contributed by atoms with E-state index in [1.54, 1.807) is 6.07 Å². The molecule has 1 saturated heterocycles. The van der Waals surface area contributed by atoms with Gasteiger partial charge in [-0.3, -0.25) is 0 Å². The van der Waals surface area contributed by atoms with Crippen LogP contribution in [-0.2, 0) is 0 Å². The molecule has 0 amide bonds. The quantitative estimate of drug-likeness (QED) is 0.660. The standard InChI is InChI=1S/C23H23FN2O2/c1-15-6-8-16(9-7-15)21-22(26-12-4-2-3-5-13-26)20(23(27)28)18-14-17(24)10-11-19(18)25-21/h6-11,14H,2-5,12-13H2,1H3,(H,27,28). The van der Waals surface area contributed by atoms with E-state index >= 15 is 0 Å². The highest BCUT2D eigenvalue weighted by atomic mass is 19.1. The number of carbonyl (C=O) groups is 1. The molecule has 28 heavy (non-hydrogen) atoms. The number of pyridine rings is 1. The molecular formula is C23H23FN2O2. The van der Waals surface area contributed by atoms with Gasteiger partial charge in [0.1, 0.15) is 5.82 Å². The number of carboxylic acids is 1. The van der Waals surface area contributed by atoms with Crippen LogP contribution < -0.4 is 4.90 Å². The van der Waals surface area contributed by atoms with Gasteiger partial charge < -0.3 is 10.0 Å². The Labute approximate surface area is 163 Å². The second-order valence-electron chi connectivity index (χ2n) is 7.42. The molecule has 0 radical (unpaired) electrons. The molecule has 2 heterocycles. The largest absolute Gasteiger partial charge is 0.478 e. The summed E-state index contributed by atoms with van der Waals surface area (Å²) in [7, 11) is 0. The topological polar surface area (TPSA) is 53.4 Å². The van der Waals surface area contributed by atoms with Crippen molar-refractivity contribution < 1.29 is 14.3 Å². The number of fused-ring (bicyclic) bond motifs is 1. The molecule has 2 aromatic carbocycles. The van der Waals surface area contributed by atoms with Crippen LogP contribution >= 0.6 is 0 Å². The number of anilines is 1. The summed E-state index contributed by atoms with van der Waals surface area (Å²) in [6.07, 6.45) is 4.28. The predicted molar refractivity (Wildman–Crippen MR) is 110 cm³/mol. The van der Waals surface area contributed by atoms with E-state index in [4.69, 9.17) is 4.98 Å². The van der Waals surface area contributed by atoms with Gasteiger partial charge in [0.05, 0.1) is 22.5 Å². The van der Waals surface area contributed by atoms with Crippen LogP contribution in [0.2, 0.25) is 0 Å². The highest BCUT2D eigenvalue weighted by molar-refractivity contribution is 6.10. The van der Waals surface area contributed by atoms with E-state index in [-0.39, 0.29) is 5.56 Å². The smallest absolute Gasteiger partial charge is 0.338 e. The fraction of sp³-hybridized carbons (Fsp3) is 0.304. The molecule has 0 atom stereocenters. The monoisotopic (exact) mass is 378 g/mol. The maximum Gasteiger partial charge on any atom is 0.338 e. The van der Waals surface area contributed by atoms with Crippen LogP contribution in [0.1, 0.15) is 41.6 Å². The molecule has 3 aromatic rings. The molecular weight excluding hydrogens is 355 g/mol. The molecule has 1 aliphatic rings. The third-order valence-electron chi connectivity index (χ3n) is 5.38. The van der Waals surface area contributed by atoms with Crippen LogP contribution in [0.3, 0.4) is 0 Å². The van der Waals surface area contributed by atoms with Crippen LogP contribution in [0, 0.1) is 12.7 Å². The number of benzene rings is 2. The summed E-state index contributed by atoms with van der Waals surface area (Å²) in [6, 6.07) is 12.1. The summed E-state index contributed by atoms with van der Waals surface area (Å²) >= 11 is 0. The number of aryl methyl sites for hydroxylation is 1. The first-order valence-corrected chi connectivity index (χ1v) is 9.73. The molecule has 1 fully saturated rings. The Morgan fingerprint density at radius 1 is 1.04 bits per heavy atom. The summed E-state index contributed by atoms with van der Waals surface area (Å²) < 4.78 is 14.0. The zero-order valence-corrected chi connectivity index (χ0v) is 15.9. The van der Waals surface area contributed by atoms with E-state index in [9.17, 15) is 14.3 Å². The van der Waals surface area contributed by atoms with Gasteiger partial charge in [-0.2, -0.15) is 0 Å². The Morgan fingerprint density at radius 2 is 1.71 bits per heavy atom. The molecule has 5 heteroatoms. The first-order valence-electron chi connectivity index (χ1n) is 9.73. The second kappa shape index (κ2) is 7.58. The fourth-order valence-electron chi connectivity index (χ4n) is 3.96. The van der Waals surface area contributed by atoms with Gasteiger partial charge in [-0.1, -0.05) is 42.7 Å². The normalized spacial score (nSPS) is 14.9. The molecule has 0 spiro atoms. The Balaban J connectivity index is 2.05. The number of hydrogen-bond donors (Lipinski definition) is 1. The predicted octanol–water partition coefficient (Wildman–Crippen LogP) is 5.43. The van der Waals surface area contributed by atoms with Gasteiger partial charge in [0.15, 0.2) is 0 Å². The molecule has 0 saturated carbocycles. The highest BCUT2D eigenvalue weighted by Gasteiger charge is 2.26. The third kappa shape index (κ3) is 3.44. The van der Waals surface area contributed by atoms with E-state index < -0.39 is 11.8 Å². The molecule has 1 aromatic heterocycles.